The first-order chi connectivity index (χ1) is 12.0. The quantitative estimate of drug-likeness (QED) is 0.704. The van der Waals surface area contributed by atoms with Crippen LogP contribution in [0, 0.1) is 6.92 Å². The third kappa shape index (κ3) is 3.94. The van der Waals surface area contributed by atoms with E-state index in [1.165, 1.54) is 0 Å². The van der Waals surface area contributed by atoms with E-state index in [-0.39, 0.29) is 24.5 Å². The number of amides is 1. The minimum absolute atomic E-state index is 0.0159. The Morgan fingerprint density at radius 1 is 1.04 bits per heavy atom. The number of ketones is 1. The lowest BCUT2D eigenvalue weighted by atomic mass is 10.1. The molecule has 0 aliphatic heterocycles. The van der Waals surface area contributed by atoms with Gasteiger partial charge in [0.2, 0.25) is 5.91 Å². The second-order valence-electron chi connectivity index (χ2n) is 6.14. The average molecular weight is 335 g/mol. The molecule has 25 heavy (non-hydrogen) atoms. The number of hydrogen-bond acceptors (Lipinski definition) is 3. The van der Waals surface area contributed by atoms with Gasteiger partial charge in [-0.3, -0.25) is 9.59 Å². The number of Topliss-reactive ketones (excluding diaryl/α,β-unsaturated/α-hetero) is 1. The Morgan fingerprint density at radius 2 is 1.76 bits per heavy atom. The Labute approximate surface area is 146 Å². The molecule has 0 saturated carbocycles. The Bertz CT molecular complexity index is 910. The molecule has 0 unspecified atom stereocenters. The number of para-hydroxylation sites is 2. The number of fused-ring (bicyclic) bond motifs is 1. The summed E-state index contributed by atoms with van der Waals surface area (Å²) in [5.74, 6) is 0.629. The van der Waals surface area contributed by atoms with Crippen LogP contribution in [0.2, 0.25) is 0 Å². The first kappa shape index (κ1) is 16.9. The van der Waals surface area contributed by atoms with Crippen molar-refractivity contribution < 1.29 is 9.59 Å². The van der Waals surface area contributed by atoms with Crippen molar-refractivity contribution in [2.24, 2.45) is 7.05 Å². The maximum Gasteiger partial charge on any atom is 0.220 e. The fraction of sp³-hybridized carbons (Fsp3) is 0.250. The summed E-state index contributed by atoms with van der Waals surface area (Å²) >= 11 is 0. The van der Waals surface area contributed by atoms with Gasteiger partial charge in [0.05, 0.1) is 17.6 Å². The van der Waals surface area contributed by atoms with Crippen LogP contribution in [-0.4, -0.2) is 21.2 Å². The molecule has 0 radical (unpaired) electrons. The Balaban J connectivity index is 1.53. The van der Waals surface area contributed by atoms with E-state index in [2.05, 4.69) is 10.3 Å². The second kappa shape index (κ2) is 7.30. The van der Waals surface area contributed by atoms with Crippen LogP contribution in [0.1, 0.15) is 34.6 Å². The maximum atomic E-state index is 12.1. The summed E-state index contributed by atoms with van der Waals surface area (Å²) < 4.78 is 1.97. The van der Waals surface area contributed by atoms with E-state index >= 15 is 0 Å². The van der Waals surface area contributed by atoms with Gasteiger partial charge in [-0.25, -0.2) is 4.98 Å². The van der Waals surface area contributed by atoms with Crippen molar-refractivity contribution >= 4 is 22.7 Å². The van der Waals surface area contributed by atoms with E-state index in [0.29, 0.717) is 12.1 Å². The van der Waals surface area contributed by atoms with Gasteiger partial charge in [-0.2, -0.15) is 0 Å². The molecule has 1 heterocycles. The molecule has 0 fully saturated rings. The monoisotopic (exact) mass is 335 g/mol. The summed E-state index contributed by atoms with van der Waals surface area (Å²) in [7, 11) is 1.93. The minimum Gasteiger partial charge on any atom is -0.349 e. The number of rotatable bonds is 6. The molecule has 1 amide bonds. The molecule has 0 saturated heterocycles. The highest BCUT2D eigenvalue weighted by molar-refractivity contribution is 5.97. The molecule has 5 heteroatoms. The van der Waals surface area contributed by atoms with Crippen molar-refractivity contribution in [3.8, 4) is 0 Å². The number of imidazole rings is 1. The fourth-order valence-corrected chi connectivity index (χ4v) is 2.73. The van der Waals surface area contributed by atoms with Crippen LogP contribution in [0.5, 0.6) is 0 Å². The van der Waals surface area contributed by atoms with Gasteiger partial charge in [-0.15, -0.1) is 0 Å². The summed E-state index contributed by atoms with van der Waals surface area (Å²) in [4.78, 5) is 28.7. The number of aromatic nitrogens is 2. The topological polar surface area (TPSA) is 64.0 Å². The number of nitrogens with zero attached hydrogens (tertiary/aromatic N) is 2. The third-order valence-corrected chi connectivity index (χ3v) is 4.28. The van der Waals surface area contributed by atoms with Crippen LogP contribution in [-0.2, 0) is 18.4 Å². The second-order valence-corrected chi connectivity index (χ2v) is 6.14. The highest BCUT2D eigenvalue weighted by atomic mass is 16.2. The van der Waals surface area contributed by atoms with Crippen LogP contribution >= 0.6 is 0 Å². The minimum atomic E-state index is -0.146. The molecule has 0 atom stereocenters. The van der Waals surface area contributed by atoms with Crippen LogP contribution in [0.4, 0.5) is 0 Å². The molecule has 1 aromatic heterocycles. The van der Waals surface area contributed by atoms with Crippen molar-refractivity contribution in [1.29, 1.82) is 0 Å². The normalized spacial score (nSPS) is 10.8. The van der Waals surface area contributed by atoms with Gasteiger partial charge in [-0.1, -0.05) is 42.0 Å². The van der Waals surface area contributed by atoms with Crippen molar-refractivity contribution in [2.75, 3.05) is 0 Å². The Morgan fingerprint density at radius 3 is 2.48 bits per heavy atom. The SMILES string of the molecule is Cc1ccc(C(=O)CCC(=O)NCc2nc3ccccc3n2C)cc1. The zero-order chi connectivity index (χ0) is 17.8. The molecule has 0 aliphatic rings. The number of aryl methyl sites for hydroxylation is 2. The number of carbonyl (C=O) groups is 2. The summed E-state index contributed by atoms with van der Waals surface area (Å²) in [5, 5.41) is 2.84. The molecule has 128 valence electrons. The lowest BCUT2D eigenvalue weighted by Gasteiger charge is -2.06. The molecule has 0 aliphatic carbocycles. The molecule has 0 bridgehead atoms. The number of hydrogen-bond donors (Lipinski definition) is 1. The van der Waals surface area contributed by atoms with E-state index < -0.39 is 0 Å². The van der Waals surface area contributed by atoms with Crippen LogP contribution in [0.15, 0.2) is 48.5 Å². The molecular formula is C20H21N3O2. The molecule has 3 aromatic rings. The summed E-state index contributed by atoms with van der Waals surface area (Å²) in [6.07, 6.45) is 0.383. The van der Waals surface area contributed by atoms with E-state index in [4.69, 9.17) is 0 Å². The van der Waals surface area contributed by atoms with Gasteiger partial charge in [0.15, 0.2) is 5.78 Å². The van der Waals surface area contributed by atoms with Crippen LogP contribution < -0.4 is 5.32 Å². The van der Waals surface area contributed by atoms with Gasteiger partial charge in [-0.05, 0) is 19.1 Å². The van der Waals surface area contributed by atoms with E-state index in [0.717, 1.165) is 22.4 Å². The van der Waals surface area contributed by atoms with Gasteiger partial charge in [0, 0.05) is 25.5 Å². The van der Waals surface area contributed by atoms with E-state index in [9.17, 15) is 9.59 Å². The number of benzene rings is 2. The zero-order valence-electron chi connectivity index (χ0n) is 14.5. The van der Waals surface area contributed by atoms with Gasteiger partial charge in [0.1, 0.15) is 5.82 Å². The fourth-order valence-electron chi connectivity index (χ4n) is 2.73. The highest BCUT2D eigenvalue weighted by Crippen LogP contribution is 2.14. The summed E-state index contributed by atoms with van der Waals surface area (Å²) in [6.45, 7) is 2.32. The van der Waals surface area contributed by atoms with Crippen molar-refractivity contribution in [1.82, 2.24) is 14.9 Å². The lowest BCUT2D eigenvalue weighted by molar-refractivity contribution is -0.121. The van der Waals surface area contributed by atoms with Crippen LogP contribution in [0.3, 0.4) is 0 Å². The molecule has 0 spiro atoms. The predicted octanol–water partition coefficient (Wildman–Crippen LogP) is 3.16. The summed E-state index contributed by atoms with van der Waals surface area (Å²) in [6, 6.07) is 15.2. The van der Waals surface area contributed by atoms with Crippen LogP contribution in [0.25, 0.3) is 11.0 Å². The Kier molecular flexibility index (Phi) is 4.93. The standard InChI is InChI=1S/C20H21N3O2/c1-14-7-9-15(10-8-14)18(24)11-12-20(25)21-13-19-22-16-5-3-4-6-17(16)23(19)2/h3-10H,11-13H2,1-2H3,(H,21,25). The van der Waals surface area contributed by atoms with E-state index in [1.807, 2.05) is 54.9 Å². The molecule has 1 N–H and O–H groups in total. The number of carbonyl (C=O) groups excluding carboxylic acids is 2. The van der Waals surface area contributed by atoms with E-state index in [1.54, 1.807) is 12.1 Å². The largest absolute Gasteiger partial charge is 0.349 e. The summed E-state index contributed by atoms with van der Waals surface area (Å²) in [5.41, 5.74) is 3.69. The van der Waals surface area contributed by atoms with Crippen molar-refractivity contribution in [3.63, 3.8) is 0 Å². The predicted molar refractivity (Wildman–Crippen MR) is 97.3 cm³/mol. The smallest absolute Gasteiger partial charge is 0.220 e. The van der Waals surface area contributed by atoms with Crippen molar-refractivity contribution in [2.45, 2.75) is 26.3 Å². The Hall–Kier alpha value is -2.95. The highest BCUT2D eigenvalue weighted by Gasteiger charge is 2.11. The van der Waals surface area contributed by atoms with Crippen molar-refractivity contribution in [3.05, 3.63) is 65.5 Å². The zero-order valence-corrected chi connectivity index (χ0v) is 14.5. The molecule has 3 rings (SSSR count). The van der Waals surface area contributed by atoms with Gasteiger partial charge >= 0.3 is 0 Å². The average Bonchev–Trinajstić information content (AvgIpc) is 2.95. The molecule has 2 aromatic carbocycles. The number of nitrogens with one attached hydrogen (secondary N) is 1. The maximum absolute atomic E-state index is 12.1. The first-order valence-electron chi connectivity index (χ1n) is 8.31. The van der Waals surface area contributed by atoms with Gasteiger partial charge in [0.25, 0.3) is 0 Å². The lowest BCUT2D eigenvalue weighted by Crippen LogP contribution is -2.24. The first-order valence-corrected chi connectivity index (χ1v) is 8.31. The van der Waals surface area contributed by atoms with Gasteiger partial charge < -0.3 is 9.88 Å². The third-order valence-electron chi connectivity index (χ3n) is 4.28. The molecular weight excluding hydrogens is 314 g/mol. The molecule has 5 nitrogen and oxygen atoms in total.